The van der Waals surface area contributed by atoms with Crippen molar-refractivity contribution in [3.8, 4) is 5.75 Å². The Kier molecular flexibility index (Phi) is 4.43. The molecule has 0 atom stereocenters. The first-order chi connectivity index (χ1) is 11.6. The Morgan fingerprint density at radius 3 is 2.46 bits per heavy atom. The normalized spacial score (nSPS) is 11.3. The molecule has 0 saturated carbocycles. The van der Waals surface area contributed by atoms with Gasteiger partial charge in [-0.2, -0.15) is 0 Å². The topological polar surface area (TPSA) is 75.4 Å². The lowest BCUT2D eigenvalue weighted by atomic mass is 10.0. The van der Waals surface area contributed by atoms with Crippen LogP contribution in [0.1, 0.15) is 21.8 Å². The van der Waals surface area contributed by atoms with Crippen LogP contribution < -0.4 is 5.32 Å². The fourth-order valence-electron chi connectivity index (χ4n) is 2.20. The van der Waals surface area contributed by atoms with Gasteiger partial charge in [-0.05, 0) is 31.2 Å². The standard InChI is InChI=1S/C19H16N2O3/c1-13-11-18(24-21-13)17(19(23)14-5-3-2-4-6-14)12-20-15-7-9-16(22)10-8-15/h2-12,20,22H,1H3/b17-12-. The van der Waals surface area contributed by atoms with Gasteiger partial charge in [-0.1, -0.05) is 35.5 Å². The van der Waals surface area contributed by atoms with Gasteiger partial charge < -0.3 is 14.9 Å². The van der Waals surface area contributed by atoms with Crippen LogP contribution in [-0.2, 0) is 0 Å². The number of hydrogen-bond donors (Lipinski definition) is 2. The molecule has 0 amide bonds. The highest BCUT2D eigenvalue weighted by Crippen LogP contribution is 2.22. The van der Waals surface area contributed by atoms with Gasteiger partial charge in [0.15, 0.2) is 11.5 Å². The van der Waals surface area contributed by atoms with E-state index in [1.165, 1.54) is 0 Å². The molecule has 1 heterocycles. The van der Waals surface area contributed by atoms with Crippen molar-refractivity contribution in [2.45, 2.75) is 6.92 Å². The molecule has 0 saturated heterocycles. The van der Waals surface area contributed by atoms with Crippen LogP contribution >= 0.6 is 0 Å². The first-order valence-electron chi connectivity index (χ1n) is 7.42. The van der Waals surface area contributed by atoms with Crippen molar-refractivity contribution in [1.29, 1.82) is 0 Å². The second-order valence-corrected chi connectivity index (χ2v) is 5.28. The molecule has 2 aromatic carbocycles. The minimum Gasteiger partial charge on any atom is -0.508 e. The number of nitrogens with zero attached hydrogens (tertiary/aromatic N) is 1. The molecule has 0 radical (unpaired) electrons. The number of rotatable bonds is 5. The molecule has 3 rings (SSSR count). The molecule has 0 fully saturated rings. The first kappa shape index (κ1) is 15.6. The van der Waals surface area contributed by atoms with Crippen LogP contribution in [0.25, 0.3) is 5.57 Å². The number of Topliss-reactive ketones (excluding diaryl/α,β-unsaturated/α-hetero) is 1. The Balaban J connectivity index is 1.94. The summed E-state index contributed by atoms with van der Waals surface area (Å²) in [5.41, 5.74) is 2.36. The number of aromatic hydroxyl groups is 1. The third-order valence-electron chi connectivity index (χ3n) is 3.42. The van der Waals surface area contributed by atoms with Gasteiger partial charge in [-0.3, -0.25) is 4.79 Å². The van der Waals surface area contributed by atoms with E-state index < -0.39 is 0 Å². The average Bonchev–Trinajstić information content (AvgIpc) is 3.03. The minimum atomic E-state index is -0.168. The van der Waals surface area contributed by atoms with Gasteiger partial charge in [0.25, 0.3) is 0 Å². The Labute approximate surface area is 139 Å². The molecule has 5 nitrogen and oxygen atoms in total. The van der Waals surface area contributed by atoms with E-state index in [1.807, 2.05) is 18.2 Å². The summed E-state index contributed by atoms with van der Waals surface area (Å²) in [6, 6.07) is 17.2. The fourth-order valence-corrected chi connectivity index (χ4v) is 2.20. The van der Waals surface area contributed by atoms with Gasteiger partial charge in [0.1, 0.15) is 5.75 Å². The van der Waals surface area contributed by atoms with Gasteiger partial charge in [-0.15, -0.1) is 0 Å². The number of allylic oxidation sites excluding steroid dienone is 1. The molecule has 1 aromatic heterocycles. The second kappa shape index (κ2) is 6.83. The fraction of sp³-hybridized carbons (Fsp3) is 0.0526. The summed E-state index contributed by atoms with van der Waals surface area (Å²) in [7, 11) is 0. The van der Waals surface area contributed by atoms with Crippen LogP contribution in [-0.4, -0.2) is 16.0 Å². The molecular formula is C19H16N2O3. The number of carbonyl (C=O) groups excluding carboxylic acids is 1. The number of phenols is 1. The Morgan fingerprint density at radius 1 is 1.12 bits per heavy atom. The van der Waals surface area contributed by atoms with Crippen molar-refractivity contribution in [3.05, 3.63) is 83.9 Å². The van der Waals surface area contributed by atoms with Crippen molar-refractivity contribution < 1.29 is 14.4 Å². The maximum absolute atomic E-state index is 12.8. The van der Waals surface area contributed by atoms with Crippen LogP contribution in [0.2, 0.25) is 0 Å². The number of benzene rings is 2. The highest BCUT2D eigenvalue weighted by Gasteiger charge is 2.18. The zero-order valence-corrected chi connectivity index (χ0v) is 13.1. The zero-order valence-electron chi connectivity index (χ0n) is 13.1. The van der Waals surface area contributed by atoms with E-state index in [1.54, 1.807) is 55.6 Å². The Hall–Kier alpha value is -3.34. The predicted octanol–water partition coefficient (Wildman–Crippen LogP) is 4.02. The summed E-state index contributed by atoms with van der Waals surface area (Å²) in [6.07, 6.45) is 1.58. The summed E-state index contributed by atoms with van der Waals surface area (Å²) in [4.78, 5) is 12.8. The Bertz CT molecular complexity index is 865. The number of hydrogen-bond acceptors (Lipinski definition) is 5. The third-order valence-corrected chi connectivity index (χ3v) is 3.42. The van der Waals surface area contributed by atoms with E-state index in [-0.39, 0.29) is 11.5 Å². The maximum atomic E-state index is 12.8. The van der Waals surface area contributed by atoms with E-state index in [2.05, 4.69) is 10.5 Å². The Morgan fingerprint density at radius 2 is 1.83 bits per heavy atom. The van der Waals surface area contributed by atoms with Crippen molar-refractivity contribution >= 4 is 17.0 Å². The summed E-state index contributed by atoms with van der Waals surface area (Å²) in [6.45, 7) is 1.80. The minimum absolute atomic E-state index is 0.168. The summed E-state index contributed by atoms with van der Waals surface area (Å²) < 4.78 is 5.26. The van der Waals surface area contributed by atoms with Gasteiger partial charge >= 0.3 is 0 Å². The number of nitrogens with one attached hydrogen (secondary N) is 1. The van der Waals surface area contributed by atoms with E-state index in [0.29, 0.717) is 22.6 Å². The largest absolute Gasteiger partial charge is 0.508 e. The second-order valence-electron chi connectivity index (χ2n) is 5.28. The highest BCUT2D eigenvalue weighted by molar-refractivity contribution is 6.28. The molecular weight excluding hydrogens is 304 g/mol. The molecule has 0 aliphatic heterocycles. The quantitative estimate of drug-likeness (QED) is 0.422. The van der Waals surface area contributed by atoms with E-state index in [4.69, 9.17) is 4.52 Å². The molecule has 0 aliphatic carbocycles. The van der Waals surface area contributed by atoms with Crippen LogP contribution in [0.4, 0.5) is 5.69 Å². The number of carbonyl (C=O) groups is 1. The molecule has 5 heteroatoms. The summed E-state index contributed by atoms with van der Waals surface area (Å²) >= 11 is 0. The van der Waals surface area contributed by atoms with Crippen LogP contribution in [0.5, 0.6) is 5.75 Å². The van der Waals surface area contributed by atoms with Gasteiger partial charge in [0, 0.05) is 23.5 Å². The van der Waals surface area contributed by atoms with E-state index in [9.17, 15) is 9.90 Å². The zero-order chi connectivity index (χ0) is 16.9. The predicted molar refractivity (Wildman–Crippen MR) is 91.7 cm³/mol. The lowest BCUT2D eigenvalue weighted by Crippen LogP contribution is -2.04. The smallest absolute Gasteiger partial charge is 0.198 e. The summed E-state index contributed by atoms with van der Waals surface area (Å²) in [5, 5.41) is 16.2. The lowest BCUT2D eigenvalue weighted by molar-refractivity contribution is 0.105. The SMILES string of the molecule is Cc1cc(/C(=C/Nc2ccc(O)cc2)C(=O)c2ccccc2)on1. The summed E-state index contributed by atoms with van der Waals surface area (Å²) in [5.74, 6) is 0.404. The lowest BCUT2D eigenvalue weighted by Gasteiger charge is -2.06. The molecule has 0 unspecified atom stereocenters. The number of ketones is 1. The molecule has 120 valence electrons. The first-order valence-corrected chi connectivity index (χ1v) is 7.42. The highest BCUT2D eigenvalue weighted by atomic mass is 16.5. The number of phenolic OH excluding ortho intramolecular Hbond substituents is 1. The number of aryl methyl sites for hydroxylation is 1. The van der Waals surface area contributed by atoms with Gasteiger partial charge in [0.05, 0.1) is 11.3 Å². The van der Waals surface area contributed by atoms with Gasteiger partial charge in [-0.25, -0.2) is 0 Å². The molecule has 24 heavy (non-hydrogen) atoms. The van der Waals surface area contributed by atoms with Crippen molar-refractivity contribution in [2.75, 3.05) is 5.32 Å². The van der Waals surface area contributed by atoms with E-state index in [0.717, 1.165) is 5.69 Å². The number of aromatic nitrogens is 1. The van der Waals surface area contributed by atoms with Crippen LogP contribution in [0.15, 0.2) is 71.4 Å². The number of anilines is 1. The molecule has 0 bridgehead atoms. The van der Waals surface area contributed by atoms with Crippen molar-refractivity contribution in [1.82, 2.24) is 5.16 Å². The monoisotopic (exact) mass is 320 g/mol. The average molecular weight is 320 g/mol. The van der Waals surface area contributed by atoms with Crippen LogP contribution in [0, 0.1) is 6.92 Å². The van der Waals surface area contributed by atoms with Gasteiger partial charge in [0.2, 0.25) is 0 Å². The van der Waals surface area contributed by atoms with E-state index >= 15 is 0 Å². The molecule has 3 aromatic rings. The van der Waals surface area contributed by atoms with Crippen molar-refractivity contribution in [2.24, 2.45) is 0 Å². The third kappa shape index (κ3) is 3.52. The van der Waals surface area contributed by atoms with Crippen molar-refractivity contribution in [3.63, 3.8) is 0 Å². The molecule has 0 spiro atoms. The van der Waals surface area contributed by atoms with Crippen LogP contribution in [0.3, 0.4) is 0 Å². The molecule has 0 aliphatic rings. The maximum Gasteiger partial charge on any atom is 0.198 e. The molecule has 2 N–H and O–H groups in total.